The highest BCUT2D eigenvalue weighted by atomic mass is 32.2. The van der Waals surface area contributed by atoms with E-state index in [0.717, 1.165) is 6.42 Å². The first kappa shape index (κ1) is 13.1. The summed E-state index contributed by atoms with van der Waals surface area (Å²) in [6.45, 7) is 6.48. The molecule has 1 aliphatic carbocycles. The van der Waals surface area contributed by atoms with E-state index >= 15 is 0 Å². The molecule has 2 atom stereocenters. The number of hydrogen-bond donors (Lipinski definition) is 1. The molecule has 0 spiro atoms. The molecular formula is C12H16O3S. The van der Waals surface area contributed by atoms with Gasteiger partial charge in [-0.3, -0.25) is 0 Å². The van der Waals surface area contributed by atoms with E-state index in [0.29, 0.717) is 0 Å². The first-order valence-corrected chi connectivity index (χ1v) is 5.91. The van der Waals surface area contributed by atoms with E-state index in [2.05, 4.69) is 6.58 Å². The van der Waals surface area contributed by atoms with Gasteiger partial charge in [-0.25, -0.2) is 4.79 Å². The normalized spacial score (nSPS) is 22.6. The molecule has 0 aromatic carbocycles. The molecule has 0 aliphatic heterocycles. The van der Waals surface area contributed by atoms with Gasteiger partial charge < -0.3 is 9.84 Å². The number of hydrogen-bond acceptors (Lipinski definition) is 4. The highest BCUT2D eigenvalue weighted by Crippen LogP contribution is 2.32. The summed E-state index contributed by atoms with van der Waals surface area (Å²) in [6.07, 6.45) is 8.66. The molecule has 0 fully saturated rings. The van der Waals surface area contributed by atoms with Crippen LogP contribution < -0.4 is 0 Å². The standard InChI is InChI=1S/C12H16O3S/c1-9(2)11(13)15-12(3,14)16-10-7-5-4-6-8-10/h4-7,10,14H,1,8H2,2-3H3. The van der Waals surface area contributed by atoms with Crippen LogP contribution in [0.2, 0.25) is 0 Å². The summed E-state index contributed by atoms with van der Waals surface area (Å²) in [6, 6.07) is 0. The van der Waals surface area contributed by atoms with Gasteiger partial charge in [-0.15, -0.1) is 0 Å². The minimum Gasteiger partial charge on any atom is -0.420 e. The number of aliphatic hydroxyl groups is 1. The van der Waals surface area contributed by atoms with Gasteiger partial charge in [0, 0.05) is 17.7 Å². The van der Waals surface area contributed by atoms with Gasteiger partial charge in [0.1, 0.15) is 0 Å². The van der Waals surface area contributed by atoms with Crippen LogP contribution in [0, 0.1) is 0 Å². The van der Waals surface area contributed by atoms with Gasteiger partial charge in [0.2, 0.25) is 0 Å². The van der Waals surface area contributed by atoms with Crippen molar-refractivity contribution in [3.8, 4) is 0 Å². The zero-order valence-corrected chi connectivity index (χ0v) is 10.3. The van der Waals surface area contributed by atoms with Gasteiger partial charge in [0.15, 0.2) is 0 Å². The monoisotopic (exact) mass is 240 g/mol. The SMILES string of the molecule is C=C(C)C(=O)OC(C)(O)SC1C=CC=CC1. The fourth-order valence-electron chi connectivity index (χ4n) is 1.21. The van der Waals surface area contributed by atoms with Gasteiger partial charge >= 0.3 is 5.97 Å². The maximum Gasteiger partial charge on any atom is 0.336 e. The number of esters is 1. The van der Waals surface area contributed by atoms with E-state index < -0.39 is 11.1 Å². The topological polar surface area (TPSA) is 46.5 Å². The molecule has 0 radical (unpaired) electrons. The van der Waals surface area contributed by atoms with Crippen molar-refractivity contribution >= 4 is 17.7 Å². The lowest BCUT2D eigenvalue weighted by Gasteiger charge is -2.26. The molecule has 0 aromatic rings. The second kappa shape index (κ2) is 5.37. The van der Waals surface area contributed by atoms with Crippen LogP contribution in [0.25, 0.3) is 0 Å². The van der Waals surface area contributed by atoms with E-state index in [1.54, 1.807) is 6.92 Å². The number of thioether (sulfide) groups is 1. The number of carbonyl (C=O) groups excluding carboxylic acids is 1. The average molecular weight is 240 g/mol. The largest absolute Gasteiger partial charge is 0.420 e. The van der Waals surface area contributed by atoms with Gasteiger partial charge in [0.05, 0.1) is 0 Å². The molecule has 3 nitrogen and oxygen atoms in total. The molecule has 0 saturated heterocycles. The summed E-state index contributed by atoms with van der Waals surface area (Å²) in [5, 5.41) is 8.51. The Morgan fingerprint density at radius 2 is 2.31 bits per heavy atom. The zero-order valence-electron chi connectivity index (χ0n) is 9.47. The maximum atomic E-state index is 11.3. The molecule has 4 heteroatoms. The van der Waals surface area contributed by atoms with Gasteiger partial charge in [-0.2, -0.15) is 0 Å². The van der Waals surface area contributed by atoms with Crippen LogP contribution in [0.5, 0.6) is 0 Å². The summed E-state index contributed by atoms with van der Waals surface area (Å²) in [4.78, 5) is 11.3. The predicted molar refractivity (Wildman–Crippen MR) is 65.8 cm³/mol. The molecule has 1 aliphatic rings. The fraction of sp³-hybridized carbons (Fsp3) is 0.417. The second-order valence-electron chi connectivity index (χ2n) is 3.77. The van der Waals surface area contributed by atoms with Gasteiger partial charge in [-0.1, -0.05) is 42.6 Å². The highest BCUT2D eigenvalue weighted by Gasteiger charge is 2.29. The third-order valence-corrected chi connectivity index (χ3v) is 3.11. The third kappa shape index (κ3) is 4.24. The fourth-order valence-corrected chi connectivity index (χ4v) is 2.27. The lowest BCUT2D eigenvalue weighted by molar-refractivity contribution is -0.167. The summed E-state index contributed by atoms with van der Waals surface area (Å²) in [5.41, 5.74) is 0.278. The molecule has 0 aromatic heterocycles. The highest BCUT2D eigenvalue weighted by molar-refractivity contribution is 8.01. The Bertz CT molecular complexity index is 342. The van der Waals surface area contributed by atoms with E-state index in [1.807, 2.05) is 24.3 Å². The van der Waals surface area contributed by atoms with Crippen molar-refractivity contribution in [2.75, 3.05) is 0 Å². The lowest BCUT2D eigenvalue weighted by Crippen LogP contribution is -2.30. The van der Waals surface area contributed by atoms with Crippen LogP contribution in [0.3, 0.4) is 0 Å². The lowest BCUT2D eigenvalue weighted by atomic mass is 10.2. The number of rotatable bonds is 4. The van der Waals surface area contributed by atoms with Crippen molar-refractivity contribution in [3.63, 3.8) is 0 Å². The molecule has 1 rings (SSSR count). The zero-order chi connectivity index (χ0) is 12.2. The minimum absolute atomic E-state index is 0.123. The van der Waals surface area contributed by atoms with Crippen molar-refractivity contribution in [1.29, 1.82) is 0 Å². The van der Waals surface area contributed by atoms with Crippen LogP contribution in [0.1, 0.15) is 20.3 Å². The Labute approximate surface area is 99.9 Å². The Balaban J connectivity index is 2.50. The van der Waals surface area contributed by atoms with Crippen LogP contribution >= 0.6 is 11.8 Å². The predicted octanol–water partition coefficient (Wildman–Crippen LogP) is 2.39. The average Bonchev–Trinajstić information content (AvgIpc) is 2.17. The van der Waals surface area contributed by atoms with Crippen molar-refractivity contribution in [2.45, 2.75) is 30.6 Å². The molecule has 1 N–H and O–H groups in total. The van der Waals surface area contributed by atoms with Crippen molar-refractivity contribution in [3.05, 3.63) is 36.5 Å². The second-order valence-corrected chi connectivity index (χ2v) is 5.37. The number of allylic oxidation sites excluding steroid dienone is 3. The first-order valence-electron chi connectivity index (χ1n) is 5.03. The molecule has 16 heavy (non-hydrogen) atoms. The summed E-state index contributed by atoms with van der Waals surface area (Å²) >= 11 is 1.20. The van der Waals surface area contributed by atoms with E-state index in [1.165, 1.54) is 18.7 Å². The third-order valence-electron chi connectivity index (χ3n) is 1.94. The Kier molecular flexibility index (Phi) is 4.38. The summed E-state index contributed by atoms with van der Waals surface area (Å²) in [5.74, 6) is -0.576. The van der Waals surface area contributed by atoms with Crippen molar-refractivity contribution in [1.82, 2.24) is 0 Å². The van der Waals surface area contributed by atoms with Crippen LogP contribution in [-0.4, -0.2) is 21.4 Å². The van der Waals surface area contributed by atoms with Crippen molar-refractivity contribution in [2.24, 2.45) is 0 Å². The Morgan fingerprint density at radius 1 is 1.62 bits per heavy atom. The van der Waals surface area contributed by atoms with E-state index in [9.17, 15) is 9.90 Å². The molecule has 2 unspecified atom stereocenters. The smallest absolute Gasteiger partial charge is 0.336 e. The Hall–Kier alpha value is -1.00. The molecule has 0 amide bonds. The van der Waals surface area contributed by atoms with Crippen LogP contribution in [0.4, 0.5) is 0 Å². The maximum absolute atomic E-state index is 11.3. The van der Waals surface area contributed by atoms with Crippen LogP contribution in [-0.2, 0) is 9.53 Å². The number of carbonyl (C=O) groups is 1. The first-order chi connectivity index (χ1) is 7.41. The van der Waals surface area contributed by atoms with E-state index in [-0.39, 0.29) is 10.8 Å². The van der Waals surface area contributed by atoms with Gasteiger partial charge in [-0.05, 0) is 13.3 Å². The molecule has 0 saturated carbocycles. The molecule has 0 heterocycles. The summed E-state index contributed by atoms with van der Waals surface area (Å²) < 4.78 is 4.92. The van der Waals surface area contributed by atoms with Gasteiger partial charge in [0.25, 0.3) is 5.12 Å². The molecule has 88 valence electrons. The molecular weight excluding hydrogens is 224 g/mol. The Morgan fingerprint density at radius 3 is 2.81 bits per heavy atom. The van der Waals surface area contributed by atoms with Crippen molar-refractivity contribution < 1.29 is 14.6 Å². The summed E-state index contributed by atoms with van der Waals surface area (Å²) in [7, 11) is 0. The number of ether oxygens (including phenoxy) is 1. The van der Waals surface area contributed by atoms with E-state index in [4.69, 9.17) is 4.74 Å². The molecule has 0 bridgehead atoms. The van der Waals surface area contributed by atoms with Crippen LogP contribution in [0.15, 0.2) is 36.5 Å². The quantitative estimate of drug-likeness (QED) is 0.465. The minimum atomic E-state index is -1.52.